The minimum absolute atomic E-state index is 0.215. The van der Waals surface area contributed by atoms with Gasteiger partial charge in [-0.05, 0) is 31.7 Å². The summed E-state index contributed by atoms with van der Waals surface area (Å²) in [5.74, 6) is 0.788. The third kappa shape index (κ3) is 3.21. The summed E-state index contributed by atoms with van der Waals surface area (Å²) < 4.78 is 0. The quantitative estimate of drug-likeness (QED) is 0.728. The monoisotopic (exact) mass is 226 g/mol. The van der Waals surface area contributed by atoms with E-state index in [0.29, 0.717) is 5.92 Å². The first-order valence-corrected chi connectivity index (χ1v) is 6.68. The van der Waals surface area contributed by atoms with Gasteiger partial charge in [0.25, 0.3) is 0 Å². The van der Waals surface area contributed by atoms with Gasteiger partial charge in [-0.1, -0.05) is 33.6 Å². The van der Waals surface area contributed by atoms with Gasteiger partial charge in [-0.2, -0.15) is 0 Å². The van der Waals surface area contributed by atoms with Crippen molar-refractivity contribution >= 4 is 5.91 Å². The highest BCUT2D eigenvalue weighted by atomic mass is 16.2. The second-order valence-corrected chi connectivity index (χ2v) is 5.09. The third-order valence-electron chi connectivity index (χ3n) is 3.66. The fraction of sp³-hybridized carbons (Fsp3) is 0.923. The second-order valence-electron chi connectivity index (χ2n) is 5.09. The van der Waals surface area contributed by atoms with Crippen LogP contribution in [0.15, 0.2) is 0 Å². The lowest BCUT2D eigenvalue weighted by Gasteiger charge is -2.28. The van der Waals surface area contributed by atoms with Crippen molar-refractivity contribution in [2.45, 2.75) is 58.4 Å². The topological polar surface area (TPSA) is 41.1 Å². The highest BCUT2D eigenvalue weighted by Gasteiger charge is 2.39. The average molecular weight is 226 g/mol. The van der Waals surface area contributed by atoms with Gasteiger partial charge in [-0.15, -0.1) is 0 Å². The molecular weight excluding hydrogens is 200 g/mol. The fourth-order valence-electron chi connectivity index (χ4n) is 2.33. The van der Waals surface area contributed by atoms with E-state index in [4.69, 9.17) is 0 Å². The summed E-state index contributed by atoms with van der Waals surface area (Å²) in [6.45, 7) is 8.27. The summed E-state index contributed by atoms with van der Waals surface area (Å²) in [4.78, 5) is 12.2. The highest BCUT2D eigenvalue weighted by molar-refractivity contribution is 5.86. The molecule has 0 aromatic carbocycles. The Balaban J connectivity index is 2.48. The predicted molar refractivity (Wildman–Crippen MR) is 67.3 cm³/mol. The van der Waals surface area contributed by atoms with Crippen LogP contribution in [0.25, 0.3) is 0 Å². The smallest absolute Gasteiger partial charge is 0.240 e. The van der Waals surface area contributed by atoms with Crippen LogP contribution >= 0.6 is 0 Å². The van der Waals surface area contributed by atoms with Crippen molar-refractivity contribution in [1.29, 1.82) is 0 Å². The predicted octanol–water partition coefficient (Wildman–Crippen LogP) is 2.07. The number of carbonyl (C=O) groups is 1. The standard InChI is InChI=1S/C13H26N2O/c1-4-7-13(8-6-9-15-13)12(16)14-10-11(3)5-2/h11,15H,4-10H2,1-3H3,(H,14,16). The molecule has 2 N–H and O–H groups in total. The molecule has 0 radical (unpaired) electrons. The first kappa shape index (κ1) is 13.5. The van der Waals surface area contributed by atoms with Gasteiger partial charge >= 0.3 is 0 Å². The molecule has 0 spiro atoms. The normalized spacial score (nSPS) is 26.7. The third-order valence-corrected chi connectivity index (χ3v) is 3.66. The van der Waals surface area contributed by atoms with Crippen LogP contribution in [0.1, 0.15) is 52.9 Å². The minimum atomic E-state index is -0.262. The summed E-state index contributed by atoms with van der Waals surface area (Å²) >= 11 is 0. The summed E-state index contributed by atoms with van der Waals surface area (Å²) in [6.07, 6.45) is 5.25. The van der Waals surface area contributed by atoms with Crippen LogP contribution in [0, 0.1) is 5.92 Å². The lowest BCUT2D eigenvalue weighted by molar-refractivity contribution is -0.127. The van der Waals surface area contributed by atoms with E-state index in [1.165, 1.54) is 0 Å². The zero-order valence-corrected chi connectivity index (χ0v) is 10.9. The Labute approximate surface area is 99.4 Å². The maximum Gasteiger partial charge on any atom is 0.240 e. The minimum Gasteiger partial charge on any atom is -0.354 e. The SMILES string of the molecule is CCCC1(C(=O)NCC(C)CC)CCCN1. The summed E-state index contributed by atoms with van der Waals surface area (Å²) in [5, 5.41) is 6.50. The van der Waals surface area contributed by atoms with Crippen LogP contribution in [0.2, 0.25) is 0 Å². The van der Waals surface area contributed by atoms with E-state index >= 15 is 0 Å². The average Bonchev–Trinajstić information content (AvgIpc) is 2.75. The van der Waals surface area contributed by atoms with Gasteiger partial charge in [-0.3, -0.25) is 4.79 Å². The number of carbonyl (C=O) groups excluding carboxylic acids is 1. The van der Waals surface area contributed by atoms with Crippen LogP contribution in [0.3, 0.4) is 0 Å². The van der Waals surface area contributed by atoms with Gasteiger partial charge in [0.2, 0.25) is 5.91 Å². The second kappa shape index (κ2) is 6.24. The Morgan fingerprint density at radius 1 is 1.50 bits per heavy atom. The Kier molecular flexibility index (Phi) is 5.26. The molecule has 0 aliphatic carbocycles. The van der Waals surface area contributed by atoms with Crippen molar-refractivity contribution in [1.82, 2.24) is 10.6 Å². The van der Waals surface area contributed by atoms with E-state index in [-0.39, 0.29) is 11.4 Å². The van der Waals surface area contributed by atoms with Crippen molar-refractivity contribution in [3.63, 3.8) is 0 Å². The Bertz CT molecular complexity index is 222. The Morgan fingerprint density at radius 3 is 2.75 bits per heavy atom. The summed E-state index contributed by atoms with van der Waals surface area (Å²) in [7, 11) is 0. The molecule has 0 saturated carbocycles. The maximum absolute atomic E-state index is 12.2. The molecule has 1 saturated heterocycles. The maximum atomic E-state index is 12.2. The molecule has 1 aliphatic rings. The van der Waals surface area contributed by atoms with Gasteiger partial charge in [0.05, 0.1) is 5.54 Å². The van der Waals surface area contributed by atoms with E-state index in [2.05, 4.69) is 31.4 Å². The van der Waals surface area contributed by atoms with Crippen molar-refractivity contribution in [3.8, 4) is 0 Å². The van der Waals surface area contributed by atoms with E-state index < -0.39 is 0 Å². The zero-order chi connectivity index (χ0) is 12.0. The van der Waals surface area contributed by atoms with Crippen LogP contribution in [-0.2, 0) is 4.79 Å². The molecule has 1 rings (SSSR count). The Hall–Kier alpha value is -0.570. The lowest BCUT2D eigenvalue weighted by Crippen LogP contribution is -2.54. The number of rotatable bonds is 6. The van der Waals surface area contributed by atoms with Crippen LogP contribution < -0.4 is 10.6 Å². The Morgan fingerprint density at radius 2 is 2.25 bits per heavy atom. The molecule has 1 aliphatic heterocycles. The van der Waals surface area contributed by atoms with Crippen LogP contribution in [0.5, 0.6) is 0 Å². The molecule has 3 heteroatoms. The van der Waals surface area contributed by atoms with Crippen molar-refractivity contribution in [3.05, 3.63) is 0 Å². The molecule has 0 aromatic rings. The highest BCUT2D eigenvalue weighted by Crippen LogP contribution is 2.24. The van der Waals surface area contributed by atoms with E-state index in [9.17, 15) is 4.79 Å². The molecule has 94 valence electrons. The van der Waals surface area contributed by atoms with E-state index in [0.717, 1.165) is 45.2 Å². The van der Waals surface area contributed by atoms with Crippen molar-refractivity contribution < 1.29 is 4.79 Å². The largest absolute Gasteiger partial charge is 0.354 e. The fourth-order valence-corrected chi connectivity index (χ4v) is 2.33. The first-order valence-electron chi connectivity index (χ1n) is 6.68. The van der Waals surface area contributed by atoms with Gasteiger partial charge < -0.3 is 10.6 Å². The van der Waals surface area contributed by atoms with E-state index in [1.54, 1.807) is 0 Å². The van der Waals surface area contributed by atoms with Crippen LogP contribution in [-0.4, -0.2) is 24.5 Å². The molecule has 1 fully saturated rings. The molecule has 2 unspecified atom stereocenters. The van der Waals surface area contributed by atoms with E-state index in [1.807, 2.05) is 0 Å². The molecule has 0 aromatic heterocycles. The number of hydrogen-bond acceptors (Lipinski definition) is 2. The molecule has 3 nitrogen and oxygen atoms in total. The number of nitrogens with one attached hydrogen (secondary N) is 2. The van der Waals surface area contributed by atoms with Gasteiger partial charge in [0.1, 0.15) is 0 Å². The molecular formula is C13H26N2O. The summed E-state index contributed by atoms with van der Waals surface area (Å²) in [5.41, 5.74) is -0.262. The van der Waals surface area contributed by atoms with Crippen LogP contribution in [0.4, 0.5) is 0 Å². The van der Waals surface area contributed by atoms with Gasteiger partial charge in [0, 0.05) is 6.54 Å². The molecule has 1 amide bonds. The van der Waals surface area contributed by atoms with Gasteiger partial charge in [-0.25, -0.2) is 0 Å². The summed E-state index contributed by atoms with van der Waals surface area (Å²) in [6, 6.07) is 0. The van der Waals surface area contributed by atoms with Gasteiger partial charge in [0.15, 0.2) is 0 Å². The molecule has 16 heavy (non-hydrogen) atoms. The number of hydrogen-bond donors (Lipinski definition) is 2. The molecule has 2 atom stereocenters. The molecule has 0 bridgehead atoms. The first-order chi connectivity index (χ1) is 7.64. The lowest BCUT2D eigenvalue weighted by atomic mass is 9.90. The molecule has 1 heterocycles. The van der Waals surface area contributed by atoms with Crippen molar-refractivity contribution in [2.75, 3.05) is 13.1 Å². The van der Waals surface area contributed by atoms with Crippen molar-refractivity contribution in [2.24, 2.45) is 5.92 Å². The zero-order valence-electron chi connectivity index (χ0n) is 10.9. The number of amides is 1.